The second-order valence-corrected chi connectivity index (χ2v) is 6.33. The van der Waals surface area contributed by atoms with Crippen LogP contribution in [0.25, 0.3) is 0 Å². The van der Waals surface area contributed by atoms with Gasteiger partial charge in [0.05, 0.1) is 12.6 Å². The molecule has 124 valence electrons. The first-order valence-electron chi connectivity index (χ1n) is 7.51. The summed E-state index contributed by atoms with van der Waals surface area (Å²) in [5.41, 5.74) is 2.72. The highest BCUT2D eigenvalue weighted by molar-refractivity contribution is 7.09. The summed E-state index contributed by atoms with van der Waals surface area (Å²) in [4.78, 5) is 20.5. The van der Waals surface area contributed by atoms with Crippen molar-refractivity contribution in [2.45, 2.75) is 26.4 Å². The number of aromatic nitrogens is 4. The van der Waals surface area contributed by atoms with Gasteiger partial charge in [-0.05, 0) is 31.5 Å². The number of aryl methyl sites for hydroxylation is 1. The lowest BCUT2D eigenvalue weighted by molar-refractivity contribution is 0.249. The Morgan fingerprint density at radius 2 is 2.29 bits per heavy atom. The molecule has 1 aromatic carbocycles. The number of anilines is 1. The summed E-state index contributed by atoms with van der Waals surface area (Å²) in [7, 11) is 0. The van der Waals surface area contributed by atoms with Crippen LogP contribution in [-0.2, 0) is 6.54 Å². The lowest BCUT2D eigenvalue weighted by atomic mass is 10.2. The minimum Gasteiger partial charge on any atom is -0.329 e. The van der Waals surface area contributed by atoms with Gasteiger partial charge in [0.15, 0.2) is 0 Å². The van der Waals surface area contributed by atoms with Crippen LogP contribution in [0.1, 0.15) is 29.2 Å². The third-order valence-electron chi connectivity index (χ3n) is 3.35. The number of urea groups is 1. The van der Waals surface area contributed by atoms with Gasteiger partial charge in [0, 0.05) is 16.8 Å². The second kappa shape index (κ2) is 7.22. The molecule has 0 radical (unpaired) electrons. The van der Waals surface area contributed by atoms with Gasteiger partial charge in [-0.2, -0.15) is 5.10 Å². The van der Waals surface area contributed by atoms with Gasteiger partial charge in [0.2, 0.25) is 0 Å². The molecule has 0 bridgehead atoms. The molecule has 24 heavy (non-hydrogen) atoms. The zero-order valence-corrected chi connectivity index (χ0v) is 14.2. The SMILES string of the molecule is Cc1csc([C@@H](C)NC(=O)Nc2cccc(Cn3cncn3)c2)n1. The van der Waals surface area contributed by atoms with Gasteiger partial charge in [0.1, 0.15) is 17.7 Å². The first-order valence-corrected chi connectivity index (χ1v) is 8.39. The fourth-order valence-electron chi connectivity index (χ4n) is 2.25. The van der Waals surface area contributed by atoms with Crippen molar-refractivity contribution in [1.82, 2.24) is 25.1 Å². The van der Waals surface area contributed by atoms with Crippen LogP contribution < -0.4 is 10.6 Å². The van der Waals surface area contributed by atoms with Crippen molar-refractivity contribution in [3.63, 3.8) is 0 Å². The number of carbonyl (C=O) groups excluding carboxylic acids is 1. The Kier molecular flexibility index (Phi) is 4.85. The second-order valence-electron chi connectivity index (χ2n) is 5.44. The minimum atomic E-state index is -0.256. The summed E-state index contributed by atoms with van der Waals surface area (Å²) in [6.07, 6.45) is 3.15. The van der Waals surface area contributed by atoms with Crippen LogP contribution in [0.3, 0.4) is 0 Å². The Bertz CT molecular complexity index is 814. The molecule has 3 aromatic rings. The van der Waals surface area contributed by atoms with E-state index in [0.717, 1.165) is 22.0 Å². The van der Waals surface area contributed by atoms with Crippen molar-refractivity contribution in [2.24, 2.45) is 0 Å². The van der Waals surface area contributed by atoms with E-state index in [1.54, 1.807) is 22.3 Å². The normalized spacial score (nSPS) is 11.9. The standard InChI is InChI=1S/C16H18N6OS/c1-11-8-24-15(19-11)12(2)20-16(23)21-14-5-3-4-13(6-14)7-22-10-17-9-18-22/h3-6,8-10,12H,7H2,1-2H3,(H2,20,21,23)/t12-/m1/s1. The van der Waals surface area contributed by atoms with Crippen LogP contribution in [0.4, 0.5) is 10.5 Å². The summed E-state index contributed by atoms with van der Waals surface area (Å²) < 4.78 is 1.73. The predicted molar refractivity (Wildman–Crippen MR) is 93.0 cm³/mol. The number of amides is 2. The van der Waals surface area contributed by atoms with Crippen LogP contribution in [0, 0.1) is 6.92 Å². The fourth-order valence-corrected chi connectivity index (χ4v) is 3.05. The molecule has 0 unspecified atom stereocenters. The third kappa shape index (κ3) is 4.17. The van der Waals surface area contributed by atoms with E-state index in [1.807, 2.05) is 43.5 Å². The van der Waals surface area contributed by atoms with E-state index in [0.29, 0.717) is 6.54 Å². The zero-order chi connectivity index (χ0) is 16.9. The summed E-state index contributed by atoms with van der Waals surface area (Å²) in [6.45, 7) is 4.46. The zero-order valence-electron chi connectivity index (χ0n) is 13.4. The monoisotopic (exact) mass is 342 g/mol. The molecule has 0 saturated heterocycles. The number of carbonyl (C=O) groups is 1. The molecule has 0 aliphatic carbocycles. The van der Waals surface area contributed by atoms with Gasteiger partial charge < -0.3 is 10.6 Å². The van der Waals surface area contributed by atoms with E-state index in [4.69, 9.17) is 0 Å². The van der Waals surface area contributed by atoms with Crippen molar-refractivity contribution in [3.8, 4) is 0 Å². The van der Waals surface area contributed by atoms with Crippen molar-refractivity contribution in [3.05, 3.63) is 58.6 Å². The number of hydrogen-bond donors (Lipinski definition) is 2. The minimum absolute atomic E-state index is 0.137. The predicted octanol–water partition coefficient (Wildman–Crippen LogP) is 2.97. The van der Waals surface area contributed by atoms with E-state index < -0.39 is 0 Å². The average Bonchev–Trinajstić information content (AvgIpc) is 3.19. The molecular formula is C16H18N6OS. The van der Waals surface area contributed by atoms with Crippen LogP contribution in [0.15, 0.2) is 42.3 Å². The maximum absolute atomic E-state index is 12.2. The van der Waals surface area contributed by atoms with Gasteiger partial charge in [-0.3, -0.25) is 0 Å². The van der Waals surface area contributed by atoms with Crippen molar-refractivity contribution in [1.29, 1.82) is 0 Å². The molecule has 0 saturated carbocycles. The quantitative estimate of drug-likeness (QED) is 0.746. The molecule has 0 aliphatic rings. The van der Waals surface area contributed by atoms with Crippen LogP contribution in [0.2, 0.25) is 0 Å². The van der Waals surface area contributed by atoms with Crippen molar-refractivity contribution in [2.75, 3.05) is 5.32 Å². The molecule has 7 nitrogen and oxygen atoms in total. The molecule has 2 amide bonds. The maximum Gasteiger partial charge on any atom is 0.319 e. The third-order valence-corrected chi connectivity index (χ3v) is 4.50. The number of nitrogens with zero attached hydrogens (tertiary/aromatic N) is 4. The van der Waals surface area contributed by atoms with Crippen LogP contribution >= 0.6 is 11.3 Å². The Morgan fingerprint density at radius 1 is 1.42 bits per heavy atom. The molecule has 2 aromatic heterocycles. The highest BCUT2D eigenvalue weighted by Gasteiger charge is 2.12. The average molecular weight is 342 g/mol. The van der Waals surface area contributed by atoms with Gasteiger partial charge in [0.25, 0.3) is 0 Å². The van der Waals surface area contributed by atoms with E-state index in [9.17, 15) is 4.79 Å². The first kappa shape index (κ1) is 16.1. The molecular weight excluding hydrogens is 324 g/mol. The van der Waals surface area contributed by atoms with E-state index in [1.165, 1.54) is 6.33 Å². The smallest absolute Gasteiger partial charge is 0.319 e. The number of benzene rings is 1. The molecule has 2 N–H and O–H groups in total. The summed E-state index contributed by atoms with van der Waals surface area (Å²) >= 11 is 1.54. The molecule has 8 heteroatoms. The van der Waals surface area contributed by atoms with Crippen LogP contribution in [0.5, 0.6) is 0 Å². The Balaban J connectivity index is 1.59. The topological polar surface area (TPSA) is 84.7 Å². The van der Waals surface area contributed by atoms with Crippen molar-refractivity contribution >= 4 is 23.1 Å². The number of thiazole rings is 1. The lowest BCUT2D eigenvalue weighted by Crippen LogP contribution is -2.31. The summed E-state index contributed by atoms with van der Waals surface area (Å²) in [6, 6.07) is 7.25. The Labute approximate surface area is 143 Å². The Hall–Kier alpha value is -2.74. The van der Waals surface area contributed by atoms with Crippen LogP contribution in [-0.4, -0.2) is 25.8 Å². The van der Waals surface area contributed by atoms with Gasteiger partial charge >= 0.3 is 6.03 Å². The molecule has 0 spiro atoms. The first-order chi connectivity index (χ1) is 11.6. The van der Waals surface area contributed by atoms with Crippen molar-refractivity contribution < 1.29 is 4.79 Å². The largest absolute Gasteiger partial charge is 0.329 e. The van der Waals surface area contributed by atoms with E-state index in [2.05, 4.69) is 25.7 Å². The molecule has 2 heterocycles. The summed E-state index contributed by atoms with van der Waals surface area (Å²) in [5, 5.41) is 12.7. The molecule has 1 atom stereocenters. The molecule has 3 rings (SSSR count). The highest BCUT2D eigenvalue weighted by Crippen LogP contribution is 2.18. The van der Waals surface area contributed by atoms with E-state index in [-0.39, 0.29) is 12.1 Å². The molecule has 0 aliphatic heterocycles. The number of hydrogen-bond acceptors (Lipinski definition) is 5. The maximum atomic E-state index is 12.2. The van der Waals surface area contributed by atoms with Gasteiger partial charge in [-0.15, -0.1) is 11.3 Å². The Morgan fingerprint density at radius 3 is 3.00 bits per heavy atom. The number of rotatable bonds is 5. The fraction of sp³-hybridized carbons (Fsp3) is 0.250. The van der Waals surface area contributed by atoms with Gasteiger partial charge in [-0.1, -0.05) is 12.1 Å². The van der Waals surface area contributed by atoms with E-state index >= 15 is 0 Å². The number of nitrogens with one attached hydrogen (secondary N) is 2. The molecule has 0 fully saturated rings. The lowest BCUT2D eigenvalue weighted by Gasteiger charge is -2.13. The summed E-state index contributed by atoms with van der Waals surface area (Å²) in [5.74, 6) is 0. The van der Waals surface area contributed by atoms with Gasteiger partial charge in [-0.25, -0.2) is 19.4 Å². The highest BCUT2D eigenvalue weighted by atomic mass is 32.1.